The van der Waals surface area contributed by atoms with E-state index in [0.717, 1.165) is 24.1 Å². The number of benzene rings is 1. The third-order valence-electron chi connectivity index (χ3n) is 5.19. The molecule has 130 valence electrons. The summed E-state index contributed by atoms with van der Waals surface area (Å²) in [7, 11) is 3.48. The van der Waals surface area contributed by atoms with Crippen molar-refractivity contribution in [3.8, 4) is 0 Å². The number of anilines is 1. The highest BCUT2D eigenvalue weighted by Crippen LogP contribution is 2.32. The van der Waals surface area contributed by atoms with Crippen molar-refractivity contribution in [2.75, 3.05) is 19.4 Å². The predicted molar refractivity (Wildman–Crippen MR) is 95.1 cm³/mol. The second-order valence-corrected chi connectivity index (χ2v) is 7.46. The highest BCUT2D eigenvalue weighted by Gasteiger charge is 2.34. The van der Waals surface area contributed by atoms with Gasteiger partial charge in [-0.15, -0.1) is 0 Å². The predicted octanol–water partition coefficient (Wildman–Crippen LogP) is 2.56. The Hall–Kier alpha value is -1.88. The molecule has 2 bridgehead atoms. The number of carbonyl (C=O) groups is 2. The SMILES string of the molecule is Cc1cc(NC(=O)CC2CC3CCC(C2)N3)ccc1C(=O)N(C)C. The summed E-state index contributed by atoms with van der Waals surface area (Å²) < 4.78 is 0. The second kappa shape index (κ2) is 6.93. The van der Waals surface area contributed by atoms with Gasteiger partial charge in [0.1, 0.15) is 0 Å². The van der Waals surface area contributed by atoms with Crippen molar-refractivity contribution in [3.05, 3.63) is 29.3 Å². The molecule has 2 atom stereocenters. The molecule has 0 saturated carbocycles. The van der Waals surface area contributed by atoms with Gasteiger partial charge in [-0.25, -0.2) is 0 Å². The molecule has 1 aromatic carbocycles. The number of hydrogen-bond donors (Lipinski definition) is 2. The molecule has 3 rings (SSSR count). The van der Waals surface area contributed by atoms with E-state index in [1.807, 2.05) is 19.1 Å². The van der Waals surface area contributed by atoms with Crippen LogP contribution in [0.25, 0.3) is 0 Å². The Kier molecular flexibility index (Phi) is 4.90. The minimum Gasteiger partial charge on any atom is -0.345 e. The molecule has 2 fully saturated rings. The fraction of sp³-hybridized carbons (Fsp3) is 0.579. The summed E-state index contributed by atoms with van der Waals surface area (Å²) in [6, 6.07) is 6.70. The topological polar surface area (TPSA) is 61.4 Å². The molecule has 2 aliphatic rings. The standard InChI is InChI=1S/C19H27N3O2/c1-12-8-14(6-7-17(12)19(24)22(2)3)21-18(23)11-13-9-15-4-5-16(10-13)20-15/h6-8,13,15-16,20H,4-5,9-11H2,1-3H3,(H,21,23). The van der Waals surface area contributed by atoms with Crippen LogP contribution >= 0.6 is 0 Å². The van der Waals surface area contributed by atoms with E-state index in [0.29, 0.717) is 30.0 Å². The zero-order valence-electron chi connectivity index (χ0n) is 14.8. The Balaban J connectivity index is 1.58. The molecule has 24 heavy (non-hydrogen) atoms. The lowest BCUT2D eigenvalue weighted by atomic mass is 9.89. The van der Waals surface area contributed by atoms with Crippen molar-refractivity contribution in [1.82, 2.24) is 10.2 Å². The molecule has 0 radical (unpaired) electrons. The van der Waals surface area contributed by atoms with Crippen LogP contribution in [0.4, 0.5) is 5.69 Å². The molecule has 0 aromatic heterocycles. The van der Waals surface area contributed by atoms with Gasteiger partial charge >= 0.3 is 0 Å². The van der Waals surface area contributed by atoms with Crippen LogP contribution in [0.3, 0.4) is 0 Å². The number of nitrogens with one attached hydrogen (secondary N) is 2. The average molecular weight is 329 g/mol. The molecule has 2 aliphatic heterocycles. The van der Waals surface area contributed by atoms with Crippen LogP contribution in [0.2, 0.25) is 0 Å². The number of aryl methyl sites for hydroxylation is 1. The van der Waals surface area contributed by atoms with Crippen LogP contribution in [-0.4, -0.2) is 42.9 Å². The Morgan fingerprint density at radius 3 is 2.46 bits per heavy atom. The normalized spacial score (nSPS) is 25.4. The molecule has 5 nitrogen and oxygen atoms in total. The fourth-order valence-corrected chi connectivity index (χ4v) is 4.04. The van der Waals surface area contributed by atoms with Crippen LogP contribution in [0.1, 0.15) is 48.0 Å². The number of amides is 2. The van der Waals surface area contributed by atoms with Crippen LogP contribution < -0.4 is 10.6 Å². The zero-order valence-corrected chi connectivity index (χ0v) is 14.8. The van der Waals surface area contributed by atoms with Gasteiger partial charge in [-0.05, 0) is 62.3 Å². The first-order chi connectivity index (χ1) is 11.4. The van der Waals surface area contributed by atoms with E-state index < -0.39 is 0 Å². The number of nitrogens with zero attached hydrogens (tertiary/aromatic N) is 1. The highest BCUT2D eigenvalue weighted by atomic mass is 16.2. The number of fused-ring (bicyclic) bond motifs is 2. The van der Waals surface area contributed by atoms with Crippen LogP contribution in [0, 0.1) is 12.8 Å². The molecule has 2 saturated heterocycles. The van der Waals surface area contributed by atoms with Crippen LogP contribution in [0.15, 0.2) is 18.2 Å². The van der Waals surface area contributed by atoms with E-state index in [9.17, 15) is 9.59 Å². The van der Waals surface area contributed by atoms with E-state index in [4.69, 9.17) is 0 Å². The van der Waals surface area contributed by atoms with E-state index >= 15 is 0 Å². The van der Waals surface area contributed by atoms with Gasteiger partial charge < -0.3 is 15.5 Å². The molecule has 2 unspecified atom stereocenters. The minimum atomic E-state index is -0.0180. The third-order valence-corrected chi connectivity index (χ3v) is 5.19. The lowest BCUT2D eigenvalue weighted by Gasteiger charge is -2.28. The Morgan fingerprint density at radius 1 is 1.21 bits per heavy atom. The zero-order chi connectivity index (χ0) is 17.3. The second-order valence-electron chi connectivity index (χ2n) is 7.46. The molecule has 2 N–H and O–H groups in total. The van der Waals surface area contributed by atoms with Crippen molar-refractivity contribution in [2.45, 2.75) is 51.1 Å². The lowest BCUT2D eigenvalue weighted by molar-refractivity contribution is -0.117. The van der Waals surface area contributed by atoms with Gasteiger partial charge in [0.05, 0.1) is 0 Å². The van der Waals surface area contributed by atoms with Crippen LogP contribution in [-0.2, 0) is 4.79 Å². The van der Waals surface area contributed by atoms with Crippen molar-refractivity contribution < 1.29 is 9.59 Å². The maximum absolute atomic E-state index is 12.3. The van der Waals surface area contributed by atoms with Gasteiger partial charge in [-0.3, -0.25) is 9.59 Å². The molecular weight excluding hydrogens is 302 g/mol. The molecule has 2 amide bonds. The van der Waals surface area contributed by atoms with Gasteiger partial charge in [0, 0.05) is 43.9 Å². The molecule has 2 heterocycles. The fourth-order valence-electron chi connectivity index (χ4n) is 4.04. The van der Waals surface area contributed by atoms with Crippen molar-refractivity contribution in [3.63, 3.8) is 0 Å². The number of hydrogen-bond acceptors (Lipinski definition) is 3. The number of rotatable bonds is 4. The highest BCUT2D eigenvalue weighted by molar-refractivity contribution is 5.97. The van der Waals surface area contributed by atoms with Gasteiger partial charge in [-0.2, -0.15) is 0 Å². The summed E-state index contributed by atoms with van der Waals surface area (Å²) in [5.41, 5.74) is 2.32. The third kappa shape index (κ3) is 3.78. The van der Waals surface area contributed by atoms with E-state index in [2.05, 4.69) is 10.6 Å². The summed E-state index contributed by atoms with van der Waals surface area (Å²) >= 11 is 0. The smallest absolute Gasteiger partial charge is 0.253 e. The average Bonchev–Trinajstić information content (AvgIpc) is 2.85. The van der Waals surface area contributed by atoms with Crippen molar-refractivity contribution in [1.29, 1.82) is 0 Å². The quantitative estimate of drug-likeness (QED) is 0.892. The van der Waals surface area contributed by atoms with Crippen molar-refractivity contribution in [2.24, 2.45) is 5.92 Å². The Labute approximate surface area is 143 Å². The van der Waals surface area contributed by atoms with E-state index in [1.165, 1.54) is 12.8 Å². The first kappa shape index (κ1) is 17.0. The van der Waals surface area contributed by atoms with Crippen LogP contribution in [0.5, 0.6) is 0 Å². The lowest BCUT2D eigenvalue weighted by Crippen LogP contribution is -2.39. The van der Waals surface area contributed by atoms with Gasteiger partial charge in [-0.1, -0.05) is 0 Å². The van der Waals surface area contributed by atoms with E-state index in [1.54, 1.807) is 25.1 Å². The minimum absolute atomic E-state index is 0.0180. The maximum Gasteiger partial charge on any atom is 0.253 e. The molecule has 0 aliphatic carbocycles. The first-order valence-electron chi connectivity index (χ1n) is 8.80. The summed E-state index contributed by atoms with van der Waals surface area (Å²) in [5, 5.41) is 6.60. The van der Waals surface area contributed by atoms with E-state index in [-0.39, 0.29) is 11.8 Å². The summed E-state index contributed by atoms with van der Waals surface area (Å²) in [6.45, 7) is 1.90. The molecule has 1 aromatic rings. The van der Waals surface area contributed by atoms with Crippen molar-refractivity contribution >= 4 is 17.5 Å². The molecule has 5 heteroatoms. The molecular formula is C19H27N3O2. The largest absolute Gasteiger partial charge is 0.345 e. The Morgan fingerprint density at radius 2 is 1.88 bits per heavy atom. The summed E-state index contributed by atoms with van der Waals surface area (Å²) in [4.78, 5) is 26.0. The van der Waals surface area contributed by atoms with Gasteiger partial charge in [0.25, 0.3) is 5.91 Å². The Bertz CT molecular complexity index is 629. The summed E-state index contributed by atoms with van der Waals surface area (Å²) in [5.74, 6) is 0.544. The number of carbonyl (C=O) groups excluding carboxylic acids is 2. The van der Waals surface area contributed by atoms with Gasteiger partial charge in [0.2, 0.25) is 5.91 Å². The molecule has 0 spiro atoms. The maximum atomic E-state index is 12.3. The summed E-state index contributed by atoms with van der Waals surface area (Å²) in [6.07, 6.45) is 5.32. The monoisotopic (exact) mass is 329 g/mol. The first-order valence-corrected chi connectivity index (χ1v) is 8.80. The van der Waals surface area contributed by atoms with Gasteiger partial charge in [0.15, 0.2) is 0 Å². The number of piperidine rings is 1.